The summed E-state index contributed by atoms with van der Waals surface area (Å²) in [6, 6.07) is 15.7. The largest absolute Gasteiger partial charge is 0.456 e. The molecule has 3 aromatic rings. The number of anilines is 1. The Morgan fingerprint density at radius 1 is 1.08 bits per heavy atom. The van der Waals surface area contributed by atoms with Crippen molar-refractivity contribution >= 4 is 29.0 Å². The molecule has 3 rings (SSSR count). The summed E-state index contributed by atoms with van der Waals surface area (Å²) >= 11 is 6.07. The van der Waals surface area contributed by atoms with Crippen molar-refractivity contribution in [2.75, 3.05) is 5.32 Å². The molecule has 0 spiro atoms. The first-order valence-electron chi connectivity index (χ1n) is 7.95. The molecular formula is C20H17ClN2O3. The number of ether oxygens (including phenoxy) is 1. The number of benzene rings is 2. The van der Waals surface area contributed by atoms with Crippen molar-refractivity contribution < 1.29 is 14.3 Å². The van der Waals surface area contributed by atoms with Crippen LogP contribution in [0.25, 0.3) is 0 Å². The molecule has 0 fully saturated rings. The zero-order valence-electron chi connectivity index (χ0n) is 14.3. The van der Waals surface area contributed by atoms with Gasteiger partial charge in [0.25, 0.3) is 5.91 Å². The van der Waals surface area contributed by atoms with Crippen LogP contribution in [0, 0.1) is 0 Å². The molecule has 6 heteroatoms. The Balaban J connectivity index is 1.70. The number of ketones is 1. The summed E-state index contributed by atoms with van der Waals surface area (Å²) in [5, 5.41) is 3.32. The minimum absolute atomic E-state index is 0.0827. The van der Waals surface area contributed by atoms with E-state index < -0.39 is 0 Å². The number of amides is 1. The number of nitrogens with one attached hydrogen (secondary N) is 1. The van der Waals surface area contributed by atoms with E-state index in [-0.39, 0.29) is 11.7 Å². The average Bonchev–Trinajstić information content (AvgIpc) is 3.01. The fourth-order valence-corrected chi connectivity index (χ4v) is 2.61. The molecule has 1 amide bonds. The molecule has 0 unspecified atom stereocenters. The molecule has 0 aliphatic heterocycles. The van der Waals surface area contributed by atoms with Gasteiger partial charge in [0.1, 0.15) is 17.2 Å². The zero-order chi connectivity index (χ0) is 18.7. The van der Waals surface area contributed by atoms with E-state index in [2.05, 4.69) is 5.32 Å². The second kappa shape index (κ2) is 7.45. The molecule has 26 heavy (non-hydrogen) atoms. The standard InChI is InChI=1S/C20H17ClN2O3/c1-13(24)14-11-18(23(2)12-14)20(25)22-15-7-9-16(10-8-15)26-19-6-4-3-5-17(19)21/h3-12H,1-2H3,(H,22,25). The van der Waals surface area contributed by atoms with Gasteiger partial charge in [0, 0.05) is 24.5 Å². The van der Waals surface area contributed by atoms with Crippen LogP contribution in [0.3, 0.4) is 0 Å². The van der Waals surface area contributed by atoms with Crippen molar-refractivity contribution in [3.63, 3.8) is 0 Å². The number of carbonyl (C=O) groups excluding carboxylic acids is 2. The highest BCUT2D eigenvalue weighted by molar-refractivity contribution is 6.32. The van der Waals surface area contributed by atoms with E-state index in [0.29, 0.717) is 33.5 Å². The summed E-state index contributed by atoms with van der Waals surface area (Å²) < 4.78 is 7.34. The van der Waals surface area contributed by atoms with E-state index >= 15 is 0 Å². The highest BCUT2D eigenvalue weighted by Gasteiger charge is 2.14. The second-order valence-corrected chi connectivity index (χ2v) is 6.20. The van der Waals surface area contributed by atoms with Crippen LogP contribution in [0.15, 0.2) is 60.8 Å². The molecule has 1 N–H and O–H groups in total. The van der Waals surface area contributed by atoms with E-state index in [4.69, 9.17) is 16.3 Å². The third kappa shape index (κ3) is 3.95. The topological polar surface area (TPSA) is 60.3 Å². The lowest BCUT2D eigenvalue weighted by atomic mass is 10.2. The van der Waals surface area contributed by atoms with Gasteiger partial charge in [0.15, 0.2) is 5.78 Å². The van der Waals surface area contributed by atoms with Gasteiger partial charge in [-0.3, -0.25) is 9.59 Å². The first-order chi connectivity index (χ1) is 12.4. The summed E-state index contributed by atoms with van der Waals surface area (Å²) in [4.78, 5) is 23.8. The van der Waals surface area contributed by atoms with Crippen LogP contribution in [0.5, 0.6) is 11.5 Å². The fourth-order valence-electron chi connectivity index (χ4n) is 2.44. The zero-order valence-corrected chi connectivity index (χ0v) is 15.1. The lowest BCUT2D eigenvalue weighted by Crippen LogP contribution is -2.15. The highest BCUT2D eigenvalue weighted by atomic mass is 35.5. The van der Waals surface area contributed by atoms with Gasteiger partial charge >= 0.3 is 0 Å². The summed E-state index contributed by atoms with van der Waals surface area (Å²) in [5.41, 5.74) is 1.53. The van der Waals surface area contributed by atoms with Crippen molar-refractivity contribution in [2.45, 2.75) is 6.92 Å². The van der Waals surface area contributed by atoms with Gasteiger partial charge < -0.3 is 14.6 Å². The number of carbonyl (C=O) groups is 2. The van der Waals surface area contributed by atoms with Gasteiger partial charge in [-0.15, -0.1) is 0 Å². The number of para-hydroxylation sites is 1. The number of halogens is 1. The Kier molecular flexibility index (Phi) is 5.09. The monoisotopic (exact) mass is 368 g/mol. The van der Waals surface area contributed by atoms with Crippen LogP contribution in [0.1, 0.15) is 27.8 Å². The molecule has 0 atom stereocenters. The van der Waals surface area contributed by atoms with E-state index in [1.54, 1.807) is 60.3 Å². The summed E-state index contributed by atoms with van der Waals surface area (Å²) in [5.74, 6) is 0.792. The van der Waals surface area contributed by atoms with Gasteiger partial charge in [-0.25, -0.2) is 0 Å². The SMILES string of the molecule is CC(=O)c1cc(C(=O)Nc2ccc(Oc3ccccc3Cl)cc2)n(C)c1. The molecule has 132 valence electrons. The van der Waals surface area contributed by atoms with Gasteiger partial charge in [-0.1, -0.05) is 23.7 Å². The molecular weight excluding hydrogens is 352 g/mol. The Bertz CT molecular complexity index is 961. The van der Waals surface area contributed by atoms with Crippen molar-refractivity contribution in [3.8, 4) is 11.5 Å². The van der Waals surface area contributed by atoms with Crippen LogP contribution in [-0.4, -0.2) is 16.3 Å². The molecule has 0 aliphatic rings. The molecule has 1 heterocycles. The molecule has 0 saturated heterocycles. The molecule has 0 aliphatic carbocycles. The minimum atomic E-state index is -0.292. The molecule has 1 aromatic heterocycles. The summed E-state index contributed by atoms with van der Waals surface area (Å²) in [6.45, 7) is 1.47. The maximum absolute atomic E-state index is 12.4. The normalized spacial score (nSPS) is 10.4. The van der Waals surface area contributed by atoms with E-state index in [1.807, 2.05) is 12.1 Å². The van der Waals surface area contributed by atoms with Crippen LogP contribution in [0.4, 0.5) is 5.69 Å². The Morgan fingerprint density at radius 2 is 1.77 bits per heavy atom. The van der Waals surface area contributed by atoms with Gasteiger partial charge in [-0.2, -0.15) is 0 Å². The Morgan fingerprint density at radius 3 is 2.38 bits per heavy atom. The number of Topliss-reactive ketones (excluding diaryl/α,β-unsaturated/α-hetero) is 1. The maximum atomic E-state index is 12.4. The van der Waals surface area contributed by atoms with Crippen molar-refractivity contribution in [1.29, 1.82) is 0 Å². The van der Waals surface area contributed by atoms with E-state index in [0.717, 1.165) is 0 Å². The van der Waals surface area contributed by atoms with Gasteiger partial charge in [0.05, 0.1) is 5.02 Å². The quantitative estimate of drug-likeness (QED) is 0.650. The fraction of sp³-hybridized carbons (Fsp3) is 0.100. The first kappa shape index (κ1) is 17.8. The number of aryl methyl sites for hydroxylation is 1. The molecule has 5 nitrogen and oxygen atoms in total. The van der Waals surface area contributed by atoms with Crippen molar-refractivity contribution in [1.82, 2.24) is 4.57 Å². The number of aromatic nitrogens is 1. The third-order valence-electron chi connectivity index (χ3n) is 3.82. The summed E-state index contributed by atoms with van der Waals surface area (Å²) in [7, 11) is 1.72. The van der Waals surface area contributed by atoms with E-state index in [1.165, 1.54) is 6.92 Å². The smallest absolute Gasteiger partial charge is 0.272 e. The predicted molar refractivity (Wildman–Crippen MR) is 101 cm³/mol. The molecule has 0 saturated carbocycles. The highest BCUT2D eigenvalue weighted by Crippen LogP contribution is 2.29. The molecule has 2 aromatic carbocycles. The third-order valence-corrected chi connectivity index (χ3v) is 4.13. The molecule has 0 radical (unpaired) electrons. The van der Waals surface area contributed by atoms with Crippen molar-refractivity contribution in [3.05, 3.63) is 77.1 Å². The van der Waals surface area contributed by atoms with Gasteiger partial charge in [0.2, 0.25) is 0 Å². The van der Waals surface area contributed by atoms with Gasteiger partial charge in [-0.05, 0) is 49.4 Å². The van der Waals surface area contributed by atoms with Crippen LogP contribution >= 0.6 is 11.6 Å². The number of nitrogens with zero attached hydrogens (tertiary/aromatic N) is 1. The van der Waals surface area contributed by atoms with Crippen LogP contribution in [-0.2, 0) is 7.05 Å². The Hall–Kier alpha value is -3.05. The lowest BCUT2D eigenvalue weighted by Gasteiger charge is -2.09. The minimum Gasteiger partial charge on any atom is -0.456 e. The van der Waals surface area contributed by atoms with Crippen molar-refractivity contribution in [2.24, 2.45) is 7.05 Å². The lowest BCUT2D eigenvalue weighted by molar-refractivity contribution is 0.101. The number of hydrogen-bond acceptors (Lipinski definition) is 3. The number of hydrogen-bond donors (Lipinski definition) is 1. The first-order valence-corrected chi connectivity index (χ1v) is 8.33. The Labute approximate surface area is 156 Å². The maximum Gasteiger partial charge on any atom is 0.272 e. The predicted octanol–water partition coefficient (Wildman–Crippen LogP) is 4.93. The molecule has 0 bridgehead atoms. The van der Waals surface area contributed by atoms with Crippen LogP contribution in [0.2, 0.25) is 5.02 Å². The average molecular weight is 369 g/mol. The second-order valence-electron chi connectivity index (χ2n) is 5.79. The van der Waals surface area contributed by atoms with E-state index in [9.17, 15) is 9.59 Å². The number of rotatable bonds is 5. The summed E-state index contributed by atoms with van der Waals surface area (Å²) in [6.07, 6.45) is 1.64. The van der Waals surface area contributed by atoms with Crippen LogP contribution < -0.4 is 10.1 Å².